The summed E-state index contributed by atoms with van der Waals surface area (Å²) in [5, 5.41) is 2.78. The second kappa shape index (κ2) is 8.99. The smallest absolute Gasteiger partial charge is 0.252 e. The molecule has 1 aromatic heterocycles. The van der Waals surface area contributed by atoms with Crippen molar-refractivity contribution in [2.24, 2.45) is 5.73 Å². The molecule has 2 aromatic rings. The topological polar surface area (TPSA) is 95.6 Å². The average Bonchev–Trinajstić information content (AvgIpc) is 2.66. The van der Waals surface area contributed by atoms with Crippen LogP contribution in [0.2, 0.25) is 0 Å². The molecule has 2 heterocycles. The highest BCUT2D eigenvalue weighted by atomic mass is 19.1. The first-order valence-electron chi connectivity index (χ1n) is 9.25. The number of primary amides is 1. The Morgan fingerprint density at radius 2 is 2.18 bits per heavy atom. The summed E-state index contributed by atoms with van der Waals surface area (Å²) in [7, 11) is 0. The van der Waals surface area contributed by atoms with E-state index in [-0.39, 0.29) is 41.9 Å². The summed E-state index contributed by atoms with van der Waals surface area (Å²) in [5.74, 6) is -1.21. The SMILES string of the molecule is Cc1ccc(Nc2cc(=O)n(CCOC3CCCCO3)cc2C(N)=O)c(F)c1. The molecule has 3 N–H and O–H groups in total. The van der Waals surface area contributed by atoms with E-state index in [1.54, 1.807) is 19.1 Å². The number of aryl methyl sites for hydroxylation is 1. The zero-order chi connectivity index (χ0) is 20.1. The molecular formula is C20H24FN3O4. The molecule has 7 nitrogen and oxygen atoms in total. The predicted octanol–water partition coefficient (Wildman–Crippen LogP) is 2.68. The van der Waals surface area contributed by atoms with Crippen LogP contribution in [-0.4, -0.2) is 30.0 Å². The van der Waals surface area contributed by atoms with Crippen LogP contribution in [0, 0.1) is 12.7 Å². The molecule has 3 rings (SSSR count). The van der Waals surface area contributed by atoms with Crippen LogP contribution in [-0.2, 0) is 16.0 Å². The zero-order valence-electron chi connectivity index (χ0n) is 15.7. The standard InChI is InChI=1S/C20H24FN3O4/c1-13-5-6-16(15(21)10-13)23-17-11-18(25)24(12-14(17)20(22)26)7-9-28-19-4-2-3-8-27-19/h5-6,10-12,19,23H,2-4,7-9H2,1H3,(H2,22,26). The van der Waals surface area contributed by atoms with E-state index in [0.717, 1.165) is 24.8 Å². The minimum Gasteiger partial charge on any atom is -0.365 e. The van der Waals surface area contributed by atoms with E-state index in [0.29, 0.717) is 6.61 Å². The first-order valence-corrected chi connectivity index (χ1v) is 9.25. The van der Waals surface area contributed by atoms with Gasteiger partial charge >= 0.3 is 0 Å². The largest absolute Gasteiger partial charge is 0.365 e. The van der Waals surface area contributed by atoms with E-state index in [1.165, 1.54) is 22.9 Å². The van der Waals surface area contributed by atoms with Crippen LogP contribution < -0.4 is 16.6 Å². The Hall–Kier alpha value is -2.71. The molecule has 8 heteroatoms. The van der Waals surface area contributed by atoms with Crippen molar-refractivity contribution in [2.45, 2.75) is 39.0 Å². The van der Waals surface area contributed by atoms with Gasteiger partial charge in [0.15, 0.2) is 6.29 Å². The summed E-state index contributed by atoms with van der Waals surface area (Å²) in [6, 6.07) is 5.86. The van der Waals surface area contributed by atoms with Crippen LogP contribution in [0.4, 0.5) is 15.8 Å². The van der Waals surface area contributed by atoms with Gasteiger partial charge in [0.1, 0.15) is 5.82 Å². The molecule has 1 aliphatic rings. The summed E-state index contributed by atoms with van der Waals surface area (Å²) in [4.78, 5) is 24.3. The summed E-state index contributed by atoms with van der Waals surface area (Å²) >= 11 is 0. The second-order valence-electron chi connectivity index (χ2n) is 6.77. The number of nitrogens with one attached hydrogen (secondary N) is 1. The van der Waals surface area contributed by atoms with Crippen LogP contribution in [0.1, 0.15) is 35.2 Å². The van der Waals surface area contributed by atoms with Gasteiger partial charge in [-0.15, -0.1) is 0 Å². The van der Waals surface area contributed by atoms with Crippen molar-refractivity contribution in [3.05, 3.63) is 57.8 Å². The van der Waals surface area contributed by atoms with Gasteiger partial charge in [0.05, 0.1) is 23.5 Å². The van der Waals surface area contributed by atoms with Gasteiger partial charge in [0.25, 0.3) is 11.5 Å². The van der Waals surface area contributed by atoms with E-state index in [2.05, 4.69) is 5.32 Å². The highest BCUT2D eigenvalue weighted by molar-refractivity contribution is 5.98. The maximum atomic E-state index is 14.1. The fourth-order valence-corrected chi connectivity index (χ4v) is 3.04. The number of rotatable bonds is 7. The maximum absolute atomic E-state index is 14.1. The number of pyridine rings is 1. The molecule has 28 heavy (non-hydrogen) atoms. The Morgan fingerprint density at radius 3 is 2.86 bits per heavy atom. The van der Waals surface area contributed by atoms with Crippen molar-refractivity contribution >= 4 is 17.3 Å². The third-order valence-corrected chi connectivity index (χ3v) is 4.56. The number of carbonyl (C=O) groups is 1. The fraction of sp³-hybridized carbons (Fsp3) is 0.400. The maximum Gasteiger partial charge on any atom is 0.252 e. The molecule has 0 spiro atoms. The van der Waals surface area contributed by atoms with Gasteiger partial charge in [-0.05, 0) is 43.9 Å². The van der Waals surface area contributed by atoms with Crippen LogP contribution in [0.3, 0.4) is 0 Å². The van der Waals surface area contributed by atoms with E-state index in [1.807, 2.05) is 0 Å². The number of carbonyl (C=O) groups excluding carboxylic acids is 1. The zero-order valence-corrected chi connectivity index (χ0v) is 15.7. The van der Waals surface area contributed by atoms with Gasteiger partial charge in [-0.2, -0.15) is 0 Å². The van der Waals surface area contributed by atoms with Crippen molar-refractivity contribution in [2.75, 3.05) is 18.5 Å². The molecule has 1 fully saturated rings. The number of amides is 1. The number of nitrogens with zero attached hydrogens (tertiary/aromatic N) is 1. The third kappa shape index (κ3) is 4.96. The van der Waals surface area contributed by atoms with Gasteiger partial charge in [-0.1, -0.05) is 6.07 Å². The number of nitrogens with two attached hydrogens (primary N) is 1. The lowest BCUT2D eigenvalue weighted by Crippen LogP contribution is -2.28. The Morgan fingerprint density at radius 1 is 1.36 bits per heavy atom. The molecule has 0 aliphatic carbocycles. The molecule has 1 saturated heterocycles. The summed E-state index contributed by atoms with van der Waals surface area (Å²) in [6.07, 6.45) is 4.01. The second-order valence-corrected chi connectivity index (χ2v) is 6.77. The molecule has 0 bridgehead atoms. The molecule has 0 radical (unpaired) electrons. The molecule has 0 saturated carbocycles. The van der Waals surface area contributed by atoms with Crippen molar-refractivity contribution in [1.82, 2.24) is 4.57 Å². The van der Waals surface area contributed by atoms with Crippen molar-refractivity contribution in [3.63, 3.8) is 0 Å². The third-order valence-electron chi connectivity index (χ3n) is 4.56. The van der Waals surface area contributed by atoms with Gasteiger partial charge in [-0.3, -0.25) is 9.59 Å². The van der Waals surface area contributed by atoms with Crippen LogP contribution in [0.5, 0.6) is 0 Å². The Labute approximate surface area is 162 Å². The minimum absolute atomic E-state index is 0.0912. The predicted molar refractivity (Wildman–Crippen MR) is 103 cm³/mol. The summed E-state index contributed by atoms with van der Waals surface area (Å²) in [5.41, 5.74) is 6.27. The fourth-order valence-electron chi connectivity index (χ4n) is 3.04. The molecule has 1 atom stereocenters. The van der Waals surface area contributed by atoms with Gasteiger partial charge in [-0.25, -0.2) is 4.39 Å². The highest BCUT2D eigenvalue weighted by Gasteiger charge is 2.16. The van der Waals surface area contributed by atoms with E-state index >= 15 is 0 Å². The lowest BCUT2D eigenvalue weighted by atomic mass is 10.1. The van der Waals surface area contributed by atoms with Gasteiger partial charge < -0.3 is 25.1 Å². The van der Waals surface area contributed by atoms with Crippen molar-refractivity contribution < 1.29 is 18.7 Å². The van der Waals surface area contributed by atoms with Crippen LogP contribution in [0.25, 0.3) is 0 Å². The lowest BCUT2D eigenvalue weighted by molar-refractivity contribution is -0.163. The monoisotopic (exact) mass is 389 g/mol. The number of ether oxygens (including phenoxy) is 2. The molecular weight excluding hydrogens is 365 g/mol. The number of benzene rings is 1. The summed E-state index contributed by atoms with van der Waals surface area (Å²) in [6.45, 7) is 2.95. The van der Waals surface area contributed by atoms with Crippen molar-refractivity contribution in [3.8, 4) is 0 Å². The number of hydrogen-bond acceptors (Lipinski definition) is 5. The number of halogens is 1. The molecule has 1 aromatic carbocycles. The average molecular weight is 389 g/mol. The molecule has 1 unspecified atom stereocenters. The summed E-state index contributed by atoms with van der Waals surface area (Å²) < 4.78 is 26.6. The highest BCUT2D eigenvalue weighted by Crippen LogP contribution is 2.23. The Bertz CT molecular complexity index is 907. The first-order chi connectivity index (χ1) is 13.4. The van der Waals surface area contributed by atoms with Gasteiger partial charge in [0, 0.05) is 25.4 Å². The first kappa shape index (κ1) is 20.0. The van der Waals surface area contributed by atoms with E-state index < -0.39 is 11.7 Å². The Kier molecular flexibility index (Phi) is 6.43. The van der Waals surface area contributed by atoms with Gasteiger partial charge in [0.2, 0.25) is 0 Å². The number of anilines is 2. The molecule has 1 aliphatic heterocycles. The molecule has 1 amide bonds. The normalized spacial score (nSPS) is 16.7. The van der Waals surface area contributed by atoms with Crippen LogP contribution >= 0.6 is 0 Å². The lowest BCUT2D eigenvalue weighted by Gasteiger charge is -2.23. The van der Waals surface area contributed by atoms with Crippen LogP contribution in [0.15, 0.2) is 35.3 Å². The number of aromatic nitrogens is 1. The van der Waals surface area contributed by atoms with E-state index in [9.17, 15) is 14.0 Å². The molecule has 150 valence electrons. The van der Waals surface area contributed by atoms with Crippen molar-refractivity contribution in [1.29, 1.82) is 0 Å². The Balaban J connectivity index is 1.75. The minimum atomic E-state index is -0.722. The quantitative estimate of drug-likeness (QED) is 0.759. The van der Waals surface area contributed by atoms with E-state index in [4.69, 9.17) is 15.2 Å². The number of hydrogen-bond donors (Lipinski definition) is 2.